The minimum Gasteiger partial charge on any atom is -0.475 e. The first-order chi connectivity index (χ1) is 20.8. The zero-order valence-electron chi connectivity index (χ0n) is 22.7. The number of aliphatic carboxylic acids is 1. The van der Waals surface area contributed by atoms with E-state index in [-0.39, 0.29) is 58.8 Å². The van der Waals surface area contributed by atoms with E-state index in [1.807, 2.05) is 0 Å². The fraction of sp³-hybridized carbons (Fsp3) is 0.348. The van der Waals surface area contributed by atoms with Gasteiger partial charge >= 0.3 is 18.3 Å². The molecular weight excluding hydrogens is 664 g/mol. The third-order valence-corrected chi connectivity index (χ3v) is 8.02. The number of carboxylic acids is 1. The summed E-state index contributed by atoms with van der Waals surface area (Å²) >= 11 is 6.34. The Balaban J connectivity index is 0.000000591. The van der Waals surface area contributed by atoms with Gasteiger partial charge in [0, 0.05) is 37.6 Å². The van der Waals surface area contributed by atoms with Crippen molar-refractivity contribution in [1.29, 1.82) is 0 Å². The molecule has 1 saturated heterocycles. The second-order valence-electron chi connectivity index (χ2n) is 9.43. The lowest BCUT2D eigenvalue weighted by Gasteiger charge is -2.29. The fourth-order valence-electron chi connectivity index (χ4n) is 4.44. The Labute approximate surface area is 253 Å². The number of sulfonamides is 1. The molecule has 244 valence electrons. The second kappa shape index (κ2) is 12.2. The summed E-state index contributed by atoms with van der Waals surface area (Å²) in [6, 6.07) is 2.12. The van der Waals surface area contributed by atoms with E-state index in [1.54, 1.807) is 24.1 Å². The van der Waals surface area contributed by atoms with Crippen LogP contribution in [0.5, 0.6) is 0 Å². The van der Waals surface area contributed by atoms with Gasteiger partial charge in [-0.3, -0.25) is 9.20 Å². The number of nitrogens with two attached hydrogens (primary N) is 1. The maximum absolute atomic E-state index is 13.7. The van der Waals surface area contributed by atoms with E-state index in [2.05, 4.69) is 25.1 Å². The quantitative estimate of drug-likeness (QED) is 0.232. The Morgan fingerprint density at radius 2 is 1.84 bits per heavy atom. The zero-order chi connectivity index (χ0) is 33.5. The number of amides is 1. The number of rotatable bonds is 4. The summed E-state index contributed by atoms with van der Waals surface area (Å²) in [5, 5.41) is 13.7. The number of aromatic nitrogens is 5. The van der Waals surface area contributed by atoms with E-state index in [0.29, 0.717) is 5.56 Å². The van der Waals surface area contributed by atoms with Gasteiger partial charge in [-0.05, 0) is 19.1 Å². The van der Waals surface area contributed by atoms with Crippen LogP contribution in [-0.4, -0.2) is 80.9 Å². The Hall–Kier alpha value is -4.37. The highest BCUT2D eigenvalue weighted by Crippen LogP contribution is 2.39. The number of fused-ring (bicyclic) bond motifs is 2. The third kappa shape index (κ3) is 7.14. The van der Waals surface area contributed by atoms with Gasteiger partial charge in [0.1, 0.15) is 17.7 Å². The number of imidazole rings is 1. The van der Waals surface area contributed by atoms with Crippen LogP contribution >= 0.6 is 11.6 Å². The monoisotopic (exact) mass is 685 g/mol. The lowest BCUT2D eigenvalue weighted by molar-refractivity contribution is -0.192. The number of alkyl halides is 6. The summed E-state index contributed by atoms with van der Waals surface area (Å²) in [4.78, 5) is 31.5. The number of nitrogens with one attached hydrogen (secondary N) is 2. The number of carboxylic acid groups (broad SMARTS) is 1. The van der Waals surface area contributed by atoms with Gasteiger partial charge in [0.05, 0.1) is 22.3 Å². The molecule has 0 bridgehead atoms. The lowest BCUT2D eigenvalue weighted by atomic mass is 10.1. The molecule has 5 N–H and O–H groups in total. The van der Waals surface area contributed by atoms with Gasteiger partial charge in [-0.15, -0.1) is 5.10 Å². The van der Waals surface area contributed by atoms with Gasteiger partial charge in [0.25, 0.3) is 5.91 Å². The Kier molecular flexibility index (Phi) is 9.09. The predicted octanol–water partition coefficient (Wildman–Crippen LogP) is 2.50. The molecule has 1 fully saturated rings. The number of carbonyl (C=O) groups excluding carboxylic acids is 1. The Bertz CT molecular complexity index is 1880. The molecule has 1 amide bonds. The molecule has 0 saturated carbocycles. The van der Waals surface area contributed by atoms with Crippen molar-refractivity contribution in [3.8, 4) is 0 Å². The van der Waals surface area contributed by atoms with E-state index in [4.69, 9.17) is 27.2 Å². The fourth-order valence-corrected chi connectivity index (χ4v) is 5.74. The number of hydrogen-bond donors (Lipinski definition) is 4. The van der Waals surface area contributed by atoms with Crippen molar-refractivity contribution in [3.05, 3.63) is 52.7 Å². The molecule has 1 aliphatic heterocycles. The lowest BCUT2D eigenvalue weighted by Crippen LogP contribution is -2.34. The van der Waals surface area contributed by atoms with Crippen LogP contribution in [0.4, 0.5) is 38.0 Å². The van der Waals surface area contributed by atoms with Crippen molar-refractivity contribution in [2.75, 3.05) is 36.0 Å². The number of halogens is 7. The SMILES string of the molecule is CC(NC(=O)c1c(N)nn2cccnc12)c1cc(Cl)c2c(C(F)(F)F)ncn2c1N1CCNS(=O)(=O)CC1.O=C(O)C(F)(F)F. The van der Waals surface area contributed by atoms with Crippen molar-refractivity contribution in [2.24, 2.45) is 0 Å². The number of carbonyl (C=O) groups is 2. The molecule has 45 heavy (non-hydrogen) atoms. The molecule has 14 nitrogen and oxygen atoms in total. The summed E-state index contributed by atoms with van der Waals surface area (Å²) < 4.78 is 102. The smallest absolute Gasteiger partial charge is 0.475 e. The zero-order valence-corrected chi connectivity index (χ0v) is 24.3. The average molecular weight is 686 g/mol. The van der Waals surface area contributed by atoms with Crippen molar-refractivity contribution in [3.63, 3.8) is 0 Å². The van der Waals surface area contributed by atoms with E-state index < -0.39 is 46.0 Å². The highest BCUT2D eigenvalue weighted by atomic mass is 35.5. The van der Waals surface area contributed by atoms with Gasteiger partial charge in [0.15, 0.2) is 17.2 Å². The van der Waals surface area contributed by atoms with Gasteiger partial charge in [-0.2, -0.15) is 26.3 Å². The van der Waals surface area contributed by atoms with Gasteiger partial charge in [-0.25, -0.2) is 32.4 Å². The highest BCUT2D eigenvalue weighted by Gasteiger charge is 2.39. The van der Waals surface area contributed by atoms with Gasteiger partial charge < -0.3 is 21.1 Å². The van der Waals surface area contributed by atoms with E-state index in [9.17, 15) is 39.6 Å². The first-order valence-electron chi connectivity index (χ1n) is 12.5. The summed E-state index contributed by atoms with van der Waals surface area (Å²) in [6.45, 7) is 1.76. The van der Waals surface area contributed by atoms with Crippen LogP contribution in [0.25, 0.3) is 11.2 Å². The topological polar surface area (TPSA) is 189 Å². The minimum atomic E-state index is -5.08. The maximum atomic E-state index is 13.7. The molecule has 22 heteroatoms. The summed E-state index contributed by atoms with van der Waals surface area (Å²) in [6.07, 6.45) is -5.84. The van der Waals surface area contributed by atoms with Crippen LogP contribution in [0.2, 0.25) is 5.02 Å². The predicted molar refractivity (Wildman–Crippen MR) is 146 cm³/mol. The van der Waals surface area contributed by atoms with Gasteiger partial charge in [-0.1, -0.05) is 11.6 Å². The molecule has 4 aromatic heterocycles. The third-order valence-electron chi connectivity index (χ3n) is 6.37. The summed E-state index contributed by atoms with van der Waals surface area (Å²) in [5.74, 6) is -3.51. The summed E-state index contributed by atoms with van der Waals surface area (Å²) in [5.41, 5.74) is 4.97. The number of pyridine rings is 1. The van der Waals surface area contributed by atoms with Crippen molar-refractivity contribution < 1.29 is 49.5 Å². The van der Waals surface area contributed by atoms with E-state index in [1.165, 1.54) is 21.2 Å². The molecule has 4 aromatic rings. The first-order valence-corrected chi connectivity index (χ1v) is 14.5. The Morgan fingerprint density at radius 1 is 1.18 bits per heavy atom. The standard InChI is InChI=1S/C21H21ClF3N9O3S.C2HF3O2/c1-11(30-19(35)14-17(26)31-34-5-2-3-27-18(14)34)12-9-13(22)15-16(21(23,24)25)28-10-33(15)20(12)32-6-4-29-38(36,37)8-7-32;3-2(4,5)1(6)7/h2-3,5,9-11,29H,4,6-8H2,1H3,(H2,26,31)(H,30,35);(H,6,7). The number of nitrogen functional groups attached to an aromatic ring is 1. The van der Waals surface area contributed by atoms with Crippen LogP contribution in [0.15, 0.2) is 30.9 Å². The second-order valence-corrected chi connectivity index (χ2v) is 11.8. The van der Waals surface area contributed by atoms with E-state index in [0.717, 1.165) is 6.33 Å². The van der Waals surface area contributed by atoms with Crippen molar-refractivity contribution in [1.82, 2.24) is 34.0 Å². The molecule has 0 radical (unpaired) electrons. The van der Waals surface area contributed by atoms with Crippen molar-refractivity contribution >= 4 is 56.3 Å². The van der Waals surface area contributed by atoms with Crippen LogP contribution in [0.3, 0.4) is 0 Å². The molecule has 0 aromatic carbocycles. The molecule has 1 aliphatic rings. The first kappa shape index (κ1) is 33.5. The van der Waals surface area contributed by atoms with E-state index >= 15 is 0 Å². The minimum absolute atomic E-state index is 0.0236. The normalized spacial score (nSPS) is 16.1. The maximum Gasteiger partial charge on any atom is 0.490 e. The molecule has 1 unspecified atom stereocenters. The average Bonchev–Trinajstić information content (AvgIpc) is 3.47. The molecule has 0 spiro atoms. The highest BCUT2D eigenvalue weighted by molar-refractivity contribution is 7.89. The number of nitrogens with zero attached hydrogens (tertiary/aromatic N) is 6. The van der Waals surface area contributed by atoms with Crippen molar-refractivity contribution in [2.45, 2.75) is 25.3 Å². The van der Waals surface area contributed by atoms with Crippen LogP contribution in [-0.2, 0) is 21.0 Å². The van der Waals surface area contributed by atoms with Crippen LogP contribution < -0.4 is 20.7 Å². The molecule has 5 rings (SSSR count). The molecule has 5 heterocycles. The largest absolute Gasteiger partial charge is 0.490 e. The van der Waals surface area contributed by atoms with Crippen LogP contribution in [0.1, 0.15) is 34.6 Å². The Morgan fingerprint density at radius 3 is 2.47 bits per heavy atom. The molecule has 0 aliphatic carbocycles. The van der Waals surface area contributed by atoms with Crippen LogP contribution in [0, 0.1) is 0 Å². The summed E-state index contributed by atoms with van der Waals surface area (Å²) in [7, 11) is -3.57. The molecular formula is C23H22ClF6N9O5S. The van der Waals surface area contributed by atoms with Gasteiger partial charge in [0.2, 0.25) is 10.0 Å². The number of anilines is 2. The number of hydrogen-bond acceptors (Lipinski definition) is 9. The molecule has 1 atom stereocenters.